The van der Waals surface area contributed by atoms with Gasteiger partial charge < -0.3 is 5.73 Å². The zero-order chi connectivity index (χ0) is 12.4. The van der Waals surface area contributed by atoms with Crippen molar-refractivity contribution in [3.05, 3.63) is 35.6 Å². The molecule has 0 radical (unpaired) electrons. The van der Waals surface area contributed by atoms with E-state index in [0.29, 0.717) is 5.13 Å². The average Bonchev–Trinajstić information content (AvgIpc) is 2.82. The summed E-state index contributed by atoms with van der Waals surface area (Å²) >= 11 is 3.02. The van der Waals surface area contributed by atoms with Crippen molar-refractivity contribution >= 4 is 39.1 Å². The molecule has 0 spiro atoms. The van der Waals surface area contributed by atoms with Crippen molar-refractivity contribution in [1.82, 2.24) is 20.2 Å². The van der Waals surface area contributed by atoms with Gasteiger partial charge in [0.05, 0.1) is 11.3 Å². The zero-order valence-corrected chi connectivity index (χ0v) is 10.9. The lowest BCUT2D eigenvalue weighted by molar-refractivity contribution is 1.04. The van der Waals surface area contributed by atoms with Crippen LogP contribution in [0, 0.1) is 0 Å². The highest BCUT2D eigenvalue weighted by atomic mass is 32.2. The Kier molecular flexibility index (Phi) is 3.07. The van der Waals surface area contributed by atoms with Crippen molar-refractivity contribution in [1.29, 1.82) is 0 Å². The van der Waals surface area contributed by atoms with Crippen LogP contribution in [0.5, 0.6) is 0 Å². The molecule has 0 bridgehead atoms. The fourth-order valence-corrected chi connectivity index (χ4v) is 3.14. The third-order valence-electron chi connectivity index (χ3n) is 2.32. The van der Waals surface area contributed by atoms with Crippen LogP contribution in [-0.4, -0.2) is 20.2 Å². The van der Waals surface area contributed by atoms with Gasteiger partial charge in [0.25, 0.3) is 0 Å². The van der Waals surface area contributed by atoms with Crippen molar-refractivity contribution < 1.29 is 0 Å². The van der Waals surface area contributed by atoms with Gasteiger partial charge >= 0.3 is 0 Å². The second-order valence-electron chi connectivity index (χ2n) is 3.52. The Labute approximate surface area is 111 Å². The first-order valence-corrected chi connectivity index (χ1v) is 7.03. The van der Waals surface area contributed by atoms with Crippen LogP contribution in [0.4, 0.5) is 5.13 Å². The molecule has 0 saturated carbocycles. The van der Waals surface area contributed by atoms with Gasteiger partial charge in [0.2, 0.25) is 5.13 Å². The predicted octanol–water partition coefficient (Wildman–Crippen LogP) is 2.36. The first-order valence-electron chi connectivity index (χ1n) is 5.23. The number of aromatic nitrogens is 4. The maximum Gasteiger partial charge on any atom is 0.203 e. The highest BCUT2D eigenvalue weighted by molar-refractivity contribution is 7.98. The summed E-state index contributed by atoms with van der Waals surface area (Å²) < 4.78 is 0. The van der Waals surface area contributed by atoms with Gasteiger partial charge in [0, 0.05) is 5.39 Å². The Morgan fingerprint density at radius 1 is 1.17 bits per heavy atom. The van der Waals surface area contributed by atoms with Crippen LogP contribution in [0.15, 0.2) is 35.6 Å². The van der Waals surface area contributed by atoms with Gasteiger partial charge in [-0.1, -0.05) is 41.3 Å². The largest absolute Gasteiger partial charge is 0.374 e. The minimum atomic E-state index is 0.498. The van der Waals surface area contributed by atoms with Crippen LogP contribution < -0.4 is 5.73 Å². The summed E-state index contributed by atoms with van der Waals surface area (Å²) in [6, 6.07) is 7.95. The van der Waals surface area contributed by atoms with Crippen LogP contribution in [0.3, 0.4) is 0 Å². The van der Waals surface area contributed by atoms with Gasteiger partial charge in [0.1, 0.15) is 16.4 Å². The Balaban J connectivity index is 1.86. The molecule has 0 unspecified atom stereocenters. The van der Waals surface area contributed by atoms with Crippen LogP contribution in [-0.2, 0) is 5.75 Å². The van der Waals surface area contributed by atoms with Crippen molar-refractivity contribution in [2.45, 2.75) is 10.8 Å². The first kappa shape index (κ1) is 11.4. The second-order valence-corrected chi connectivity index (χ2v) is 5.58. The Morgan fingerprint density at radius 3 is 2.89 bits per heavy atom. The summed E-state index contributed by atoms with van der Waals surface area (Å²) in [7, 11) is 0. The molecule has 1 aromatic carbocycles. The molecular formula is C11H9N5S2. The molecule has 2 heterocycles. The molecule has 5 nitrogen and oxygen atoms in total. The molecule has 0 aliphatic heterocycles. The number of hydrogen-bond acceptors (Lipinski definition) is 7. The molecule has 0 amide bonds. The highest BCUT2D eigenvalue weighted by Crippen LogP contribution is 2.28. The van der Waals surface area contributed by atoms with E-state index in [9.17, 15) is 0 Å². The summed E-state index contributed by atoms with van der Waals surface area (Å²) in [5.74, 6) is 0.718. The van der Waals surface area contributed by atoms with E-state index in [-0.39, 0.29) is 0 Å². The molecule has 0 atom stereocenters. The zero-order valence-electron chi connectivity index (χ0n) is 9.28. The minimum absolute atomic E-state index is 0.498. The molecule has 3 rings (SSSR count). The van der Waals surface area contributed by atoms with Crippen molar-refractivity contribution in [3.63, 3.8) is 0 Å². The number of nitrogens with two attached hydrogens (primary N) is 1. The molecule has 0 saturated heterocycles. The molecule has 7 heteroatoms. The third-order valence-corrected chi connectivity index (χ3v) is 4.27. The van der Waals surface area contributed by atoms with Gasteiger partial charge in [0.15, 0.2) is 0 Å². The normalized spacial score (nSPS) is 10.9. The molecular weight excluding hydrogens is 266 g/mol. The lowest BCUT2D eigenvalue weighted by Crippen LogP contribution is -1.87. The SMILES string of the molecule is Nc1nnc(CSc2ncnc3ccccc23)s1. The van der Waals surface area contributed by atoms with Gasteiger partial charge in [-0.15, -0.1) is 10.2 Å². The summed E-state index contributed by atoms with van der Waals surface area (Å²) in [5, 5.41) is 11.2. The lowest BCUT2D eigenvalue weighted by atomic mass is 10.2. The molecule has 0 aliphatic rings. The molecule has 90 valence electrons. The van der Waals surface area contributed by atoms with E-state index in [1.807, 2.05) is 24.3 Å². The van der Waals surface area contributed by atoms with Crippen molar-refractivity contribution in [2.75, 3.05) is 5.73 Å². The number of thioether (sulfide) groups is 1. The monoisotopic (exact) mass is 275 g/mol. The molecule has 0 aliphatic carbocycles. The number of nitrogen functional groups attached to an aromatic ring is 1. The Hall–Kier alpha value is -1.73. The van der Waals surface area contributed by atoms with E-state index in [1.54, 1.807) is 18.1 Å². The maximum atomic E-state index is 5.55. The number of nitrogens with zero attached hydrogens (tertiary/aromatic N) is 4. The highest BCUT2D eigenvalue weighted by Gasteiger charge is 2.06. The topological polar surface area (TPSA) is 77.6 Å². The molecule has 0 fully saturated rings. The summed E-state index contributed by atoms with van der Waals surface area (Å²) in [5.41, 5.74) is 6.50. The lowest BCUT2D eigenvalue weighted by Gasteiger charge is -2.02. The second kappa shape index (κ2) is 4.87. The summed E-state index contributed by atoms with van der Waals surface area (Å²) in [4.78, 5) is 8.54. The van der Waals surface area contributed by atoms with Crippen LogP contribution in [0.25, 0.3) is 10.9 Å². The predicted molar refractivity (Wildman–Crippen MR) is 73.4 cm³/mol. The fourth-order valence-electron chi connectivity index (χ4n) is 1.55. The number of benzene rings is 1. The Bertz CT molecular complexity index is 677. The van der Waals surface area contributed by atoms with E-state index >= 15 is 0 Å². The average molecular weight is 275 g/mol. The standard InChI is InChI=1S/C11H9N5S2/c12-11-16-15-9(18-11)5-17-10-7-3-1-2-4-8(7)13-6-14-10/h1-4,6H,5H2,(H2,12,16). The Morgan fingerprint density at radius 2 is 2.06 bits per heavy atom. The number of anilines is 1. The van der Waals surface area contributed by atoms with E-state index in [4.69, 9.17) is 5.73 Å². The van der Waals surface area contributed by atoms with Gasteiger partial charge in [-0.3, -0.25) is 0 Å². The molecule has 18 heavy (non-hydrogen) atoms. The number of fused-ring (bicyclic) bond motifs is 1. The number of rotatable bonds is 3. The third kappa shape index (κ3) is 2.27. The van der Waals surface area contributed by atoms with Gasteiger partial charge in [-0.25, -0.2) is 9.97 Å². The maximum absolute atomic E-state index is 5.55. The molecule has 2 aromatic heterocycles. The molecule has 3 aromatic rings. The smallest absolute Gasteiger partial charge is 0.203 e. The van der Waals surface area contributed by atoms with Crippen LogP contribution in [0.2, 0.25) is 0 Å². The van der Waals surface area contributed by atoms with E-state index in [2.05, 4.69) is 20.2 Å². The van der Waals surface area contributed by atoms with E-state index in [0.717, 1.165) is 26.7 Å². The summed E-state index contributed by atoms with van der Waals surface area (Å²) in [6.07, 6.45) is 1.58. The quantitative estimate of drug-likeness (QED) is 0.584. The van der Waals surface area contributed by atoms with Crippen LogP contribution >= 0.6 is 23.1 Å². The number of para-hydroxylation sites is 1. The van der Waals surface area contributed by atoms with Crippen molar-refractivity contribution in [2.24, 2.45) is 0 Å². The minimum Gasteiger partial charge on any atom is -0.374 e. The summed E-state index contributed by atoms with van der Waals surface area (Å²) in [6.45, 7) is 0. The van der Waals surface area contributed by atoms with Crippen molar-refractivity contribution in [3.8, 4) is 0 Å². The van der Waals surface area contributed by atoms with E-state index < -0.39 is 0 Å². The fraction of sp³-hybridized carbons (Fsp3) is 0.0909. The molecule has 2 N–H and O–H groups in total. The van der Waals surface area contributed by atoms with E-state index in [1.165, 1.54) is 11.3 Å². The number of hydrogen-bond donors (Lipinski definition) is 1. The van der Waals surface area contributed by atoms with Gasteiger partial charge in [-0.2, -0.15) is 0 Å². The van der Waals surface area contributed by atoms with Crippen LogP contribution in [0.1, 0.15) is 5.01 Å². The first-order chi connectivity index (χ1) is 8.83. The van der Waals surface area contributed by atoms with Gasteiger partial charge in [-0.05, 0) is 6.07 Å².